The van der Waals surface area contributed by atoms with Crippen LogP contribution < -0.4 is 5.32 Å². The number of nitrogens with zero attached hydrogens (tertiary/aromatic N) is 6. The Hall–Kier alpha value is -4.68. The fourth-order valence-corrected chi connectivity index (χ4v) is 10.8. The van der Waals surface area contributed by atoms with Gasteiger partial charge in [-0.05, 0) is 134 Å². The van der Waals surface area contributed by atoms with Crippen LogP contribution in [0.15, 0.2) is 79.3 Å². The number of nitrogens with one attached hydrogen (secondary N) is 1. The number of aliphatic carboxylic acids is 1. The summed E-state index contributed by atoms with van der Waals surface area (Å²) in [6.07, 6.45) is 13.9. The minimum absolute atomic E-state index is 0.0197. The third-order valence-corrected chi connectivity index (χ3v) is 15.7. The van der Waals surface area contributed by atoms with Gasteiger partial charge in [0.05, 0.1) is 17.7 Å². The van der Waals surface area contributed by atoms with Gasteiger partial charge in [0.15, 0.2) is 0 Å². The third kappa shape index (κ3) is 10.7. The number of carboxylic acids is 1. The van der Waals surface area contributed by atoms with Gasteiger partial charge in [-0.25, -0.2) is 9.97 Å². The van der Waals surface area contributed by atoms with Gasteiger partial charge in [-0.3, -0.25) is 29.0 Å². The Morgan fingerprint density at radius 1 is 0.667 bits per heavy atom. The van der Waals surface area contributed by atoms with Gasteiger partial charge in [0.25, 0.3) is 0 Å². The van der Waals surface area contributed by atoms with Crippen molar-refractivity contribution in [2.24, 2.45) is 21.7 Å². The molecule has 7 rings (SSSR count). The fourth-order valence-electron chi connectivity index (χ4n) is 10.8. The van der Waals surface area contributed by atoms with Gasteiger partial charge in [-0.2, -0.15) is 0 Å². The molecule has 12 heteroatoms. The minimum atomic E-state index is -0.801. The van der Waals surface area contributed by atoms with E-state index in [0.717, 1.165) is 70.2 Å². The standard InChI is InChI=1S/C28H39N5O2.C23H34N2O3/c1-26(2,25(35)30-19-23-10-16-29-21-31-23)15-17-33-20-27(18-24(33)34)11-13-28(14-12-27,32(3)4)22-8-6-5-7-9-22;1-21(2,20(27)28)14-15-25-17-22(16-19(25)26)10-12-23(13-11-22,24(3)4)18-8-6-5-7-9-18/h5-10,16,21H,11-15,17-20H2,1-4H3,(H,30,35);5-9H,10-17H2,1-4H3,(H,27,28). The molecule has 0 unspecified atom stereocenters. The van der Waals surface area contributed by atoms with Crippen molar-refractivity contribution < 1.29 is 24.3 Å². The number of benzene rings is 2. The van der Waals surface area contributed by atoms with E-state index in [2.05, 4.69) is 114 Å². The highest BCUT2D eigenvalue weighted by Crippen LogP contribution is 2.53. The Morgan fingerprint density at radius 2 is 1.10 bits per heavy atom. The van der Waals surface area contributed by atoms with Crippen LogP contribution in [-0.4, -0.2) is 113 Å². The maximum absolute atomic E-state index is 13.0. The molecular weight excluding hydrogens is 791 g/mol. The Balaban J connectivity index is 0.000000215. The molecule has 3 heterocycles. The van der Waals surface area contributed by atoms with Gasteiger partial charge in [0.2, 0.25) is 17.7 Å². The van der Waals surface area contributed by atoms with Crippen molar-refractivity contribution in [1.29, 1.82) is 0 Å². The quantitative estimate of drug-likeness (QED) is 0.169. The summed E-state index contributed by atoms with van der Waals surface area (Å²) in [5, 5.41) is 12.3. The van der Waals surface area contributed by atoms with E-state index in [9.17, 15) is 24.3 Å². The second-order valence-corrected chi connectivity index (χ2v) is 21.0. The predicted molar refractivity (Wildman–Crippen MR) is 246 cm³/mol. The average molecular weight is 864 g/mol. The summed E-state index contributed by atoms with van der Waals surface area (Å²) in [7, 11) is 8.67. The number of rotatable bonds is 14. The molecule has 4 fully saturated rings. The molecule has 2 aromatic carbocycles. The van der Waals surface area contributed by atoms with Crippen molar-refractivity contribution in [2.75, 3.05) is 54.4 Å². The highest BCUT2D eigenvalue weighted by Gasteiger charge is 2.52. The first-order chi connectivity index (χ1) is 29.8. The lowest BCUT2D eigenvalue weighted by atomic mass is 9.64. The molecular formula is C51H73N7O5. The van der Waals surface area contributed by atoms with Gasteiger partial charge in [-0.15, -0.1) is 0 Å². The molecule has 63 heavy (non-hydrogen) atoms. The molecule has 4 aliphatic rings. The highest BCUT2D eigenvalue weighted by atomic mass is 16.4. The first-order valence-corrected chi connectivity index (χ1v) is 23.0. The molecule has 3 amide bonds. The zero-order valence-electron chi connectivity index (χ0n) is 39.3. The number of hydrogen-bond donors (Lipinski definition) is 2. The molecule has 2 saturated heterocycles. The fraction of sp³-hybridized carbons (Fsp3) is 0.608. The second kappa shape index (κ2) is 19.2. The van der Waals surface area contributed by atoms with Crippen molar-refractivity contribution in [3.05, 3.63) is 96.1 Å². The number of aromatic nitrogens is 2. The number of hydrogen-bond acceptors (Lipinski definition) is 8. The molecule has 0 atom stereocenters. The van der Waals surface area contributed by atoms with E-state index < -0.39 is 16.8 Å². The number of likely N-dealkylation sites (tertiary alicyclic amines) is 2. The zero-order valence-corrected chi connectivity index (χ0v) is 39.3. The molecule has 2 N–H and O–H groups in total. The summed E-state index contributed by atoms with van der Waals surface area (Å²) >= 11 is 0. The van der Waals surface area contributed by atoms with Crippen molar-refractivity contribution in [1.82, 2.24) is 34.9 Å². The summed E-state index contributed by atoms with van der Waals surface area (Å²) in [5.74, 6) is -0.392. The van der Waals surface area contributed by atoms with Gasteiger partial charge in [0.1, 0.15) is 6.33 Å². The molecule has 1 aromatic heterocycles. The van der Waals surface area contributed by atoms with Crippen molar-refractivity contribution >= 4 is 23.7 Å². The molecule has 342 valence electrons. The summed E-state index contributed by atoms with van der Waals surface area (Å²) in [4.78, 5) is 66.6. The van der Waals surface area contributed by atoms with E-state index in [0.29, 0.717) is 45.3 Å². The van der Waals surface area contributed by atoms with E-state index in [1.165, 1.54) is 17.5 Å². The van der Waals surface area contributed by atoms with Gasteiger partial charge in [-0.1, -0.05) is 74.5 Å². The van der Waals surface area contributed by atoms with Crippen LogP contribution in [-0.2, 0) is 36.8 Å². The van der Waals surface area contributed by atoms with Crippen molar-refractivity contribution in [2.45, 2.75) is 122 Å². The average Bonchev–Trinajstić information content (AvgIpc) is 3.76. The highest BCUT2D eigenvalue weighted by molar-refractivity contribution is 5.82. The first-order valence-electron chi connectivity index (χ1n) is 23.0. The summed E-state index contributed by atoms with van der Waals surface area (Å²) in [6, 6.07) is 23.3. The Morgan fingerprint density at radius 3 is 1.48 bits per heavy atom. The van der Waals surface area contributed by atoms with E-state index >= 15 is 0 Å². The maximum atomic E-state index is 13.0. The van der Waals surface area contributed by atoms with E-state index in [1.54, 1.807) is 26.1 Å². The normalized spacial score (nSPS) is 26.4. The molecule has 2 saturated carbocycles. The SMILES string of the molecule is CN(C)C1(c2ccccc2)CCC2(CC1)CC(=O)N(CCC(C)(C)C(=O)NCc1ccncn1)C2.CN(C)C1(c2ccccc2)CCC2(CC1)CC(=O)N(CCC(C)(C)C(=O)O)C2. The van der Waals surface area contributed by atoms with Crippen LogP contribution in [0.1, 0.15) is 122 Å². The molecule has 0 radical (unpaired) electrons. The van der Waals surface area contributed by atoms with E-state index in [4.69, 9.17) is 0 Å². The molecule has 0 bridgehead atoms. The lowest BCUT2D eigenvalue weighted by Crippen LogP contribution is -2.47. The summed E-state index contributed by atoms with van der Waals surface area (Å²) in [6.45, 7) is 10.5. The Labute approximate surface area is 376 Å². The predicted octanol–water partition coefficient (Wildman–Crippen LogP) is 7.50. The largest absolute Gasteiger partial charge is 0.481 e. The van der Waals surface area contributed by atoms with Crippen LogP contribution >= 0.6 is 0 Å². The van der Waals surface area contributed by atoms with Crippen LogP contribution in [0.5, 0.6) is 0 Å². The molecule has 12 nitrogen and oxygen atoms in total. The lowest BCUT2D eigenvalue weighted by molar-refractivity contribution is -0.148. The van der Waals surface area contributed by atoms with Crippen LogP contribution in [0.4, 0.5) is 0 Å². The Bertz CT molecular complexity index is 2020. The molecule has 2 aliphatic heterocycles. The topological polar surface area (TPSA) is 139 Å². The van der Waals surface area contributed by atoms with Crippen LogP contribution in [0.2, 0.25) is 0 Å². The van der Waals surface area contributed by atoms with Crippen LogP contribution in [0.3, 0.4) is 0 Å². The van der Waals surface area contributed by atoms with Gasteiger partial charge >= 0.3 is 5.97 Å². The van der Waals surface area contributed by atoms with Gasteiger partial charge < -0.3 is 20.2 Å². The van der Waals surface area contributed by atoms with Crippen molar-refractivity contribution in [3.8, 4) is 0 Å². The Kier molecular flexibility index (Phi) is 14.6. The summed E-state index contributed by atoms with van der Waals surface area (Å²) < 4.78 is 0. The second-order valence-electron chi connectivity index (χ2n) is 21.0. The lowest BCUT2D eigenvalue weighted by Gasteiger charge is -2.49. The van der Waals surface area contributed by atoms with E-state index in [-0.39, 0.29) is 39.6 Å². The van der Waals surface area contributed by atoms with Gasteiger partial charge in [0, 0.05) is 61.7 Å². The van der Waals surface area contributed by atoms with Crippen LogP contribution in [0.25, 0.3) is 0 Å². The number of carbonyl (C=O) groups excluding carboxylic acids is 3. The number of carbonyl (C=O) groups is 4. The van der Waals surface area contributed by atoms with E-state index in [1.807, 2.05) is 23.6 Å². The zero-order chi connectivity index (χ0) is 45.7. The number of amides is 3. The molecule has 3 aromatic rings. The number of carboxylic acid groups (broad SMARTS) is 1. The molecule has 2 aliphatic carbocycles. The third-order valence-electron chi connectivity index (χ3n) is 15.7. The first kappa shape index (κ1) is 47.8. The monoisotopic (exact) mass is 864 g/mol. The summed E-state index contributed by atoms with van der Waals surface area (Å²) in [5.41, 5.74) is 2.33. The molecule has 2 spiro atoms. The van der Waals surface area contributed by atoms with Crippen molar-refractivity contribution in [3.63, 3.8) is 0 Å². The van der Waals surface area contributed by atoms with Crippen LogP contribution in [0, 0.1) is 21.7 Å². The smallest absolute Gasteiger partial charge is 0.309 e. The maximum Gasteiger partial charge on any atom is 0.309 e. The minimum Gasteiger partial charge on any atom is -0.481 e.